The Hall–Kier alpha value is -1.48. The topological polar surface area (TPSA) is 51.0 Å². The third-order valence-electron chi connectivity index (χ3n) is 2.31. The highest BCUT2D eigenvalue weighted by Gasteiger charge is 2.04. The number of hydrogen-bond donors (Lipinski definition) is 2. The van der Waals surface area contributed by atoms with Gasteiger partial charge in [0.25, 0.3) is 0 Å². The van der Waals surface area contributed by atoms with Crippen LogP contribution in [0.15, 0.2) is 24.3 Å². The van der Waals surface area contributed by atoms with Gasteiger partial charge in [-0.15, -0.1) is 0 Å². The first-order valence-corrected chi connectivity index (χ1v) is 4.70. The van der Waals surface area contributed by atoms with Crippen molar-refractivity contribution in [2.75, 3.05) is 13.7 Å². The molecule has 1 aromatic heterocycles. The molecule has 0 spiro atoms. The fraction of sp³-hybridized carbons (Fsp3) is 0.273. The molecule has 0 aliphatic rings. The number of nitrogens with one attached hydrogen (secondary N) is 1. The predicted molar refractivity (Wildman–Crippen MR) is 57.6 cm³/mol. The Bertz CT molecular complexity index is 434. The zero-order chi connectivity index (χ0) is 9.97. The average molecular weight is 190 g/mol. The molecule has 2 rings (SSSR count). The fourth-order valence-corrected chi connectivity index (χ4v) is 1.65. The molecule has 14 heavy (non-hydrogen) atoms. The summed E-state index contributed by atoms with van der Waals surface area (Å²) in [5.41, 5.74) is 7.77. The molecule has 2 aromatic rings. The highest BCUT2D eigenvalue weighted by atomic mass is 16.5. The van der Waals surface area contributed by atoms with E-state index >= 15 is 0 Å². The summed E-state index contributed by atoms with van der Waals surface area (Å²) < 4.78 is 5.27. The first-order chi connectivity index (χ1) is 6.85. The number of methoxy groups -OCH3 is 1. The van der Waals surface area contributed by atoms with E-state index < -0.39 is 0 Å². The fourth-order valence-electron chi connectivity index (χ4n) is 1.65. The van der Waals surface area contributed by atoms with Gasteiger partial charge in [-0.25, -0.2) is 0 Å². The molecule has 0 fully saturated rings. The van der Waals surface area contributed by atoms with Crippen molar-refractivity contribution in [3.8, 4) is 5.75 Å². The number of benzene rings is 1. The van der Waals surface area contributed by atoms with Gasteiger partial charge in [0.1, 0.15) is 5.75 Å². The summed E-state index contributed by atoms with van der Waals surface area (Å²) in [4.78, 5) is 3.31. The Morgan fingerprint density at radius 3 is 3.00 bits per heavy atom. The minimum absolute atomic E-state index is 0.662. The summed E-state index contributed by atoms with van der Waals surface area (Å²) in [7, 11) is 1.68. The van der Waals surface area contributed by atoms with E-state index in [-0.39, 0.29) is 0 Å². The van der Waals surface area contributed by atoms with Crippen molar-refractivity contribution in [3.63, 3.8) is 0 Å². The minimum Gasteiger partial charge on any atom is -0.496 e. The number of fused-ring (bicyclic) bond motifs is 1. The number of hydrogen-bond acceptors (Lipinski definition) is 2. The Morgan fingerprint density at radius 1 is 1.43 bits per heavy atom. The van der Waals surface area contributed by atoms with Crippen LogP contribution in [0.2, 0.25) is 0 Å². The summed E-state index contributed by atoms with van der Waals surface area (Å²) in [6.45, 7) is 0.662. The molecule has 0 bridgehead atoms. The Kier molecular flexibility index (Phi) is 2.41. The van der Waals surface area contributed by atoms with Gasteiger partial charge < -0.3 is 15.5 Å². The largest absolute Gasteiger partial charge is 0.496 e. The molecule has 0 unspecified atom stereocenters. The molecule has 0 saturated heterocycles. The van der Waals surface area contributed by atoms with Crippen LogP contribution in [0.25, 0.3) is 10.9 Å². The molecule has 0 atom stereocenters. The number of H-pyrrole nitrogens is 1. The maximum absolute atomic E-state index is 5.50. The van der Waals surface area contributed by atoms with E-state index in [1.807, 2.05) is 18.2 Å². The Balaban J connectivity index is 2.52. The van der Waals surface area contributed by atoms with E-state index in [0.29, 0.717) is 6.54 Å². The predicted octanol–water partition coefficient (Wildman–Crippen LogP) is 1.68. The molecule has 1 aromatic carbocycles. The quantitative estimate of drug-likeness (QED) is 0.773. The van der Waals surface area contributed by atoms with E-state index in [1.165, 1.54) is 0 Å². The van der Waals surface area contributed by atoms with Gasteiger partial charge in [-0.2, -0.15) is 0 Å². The number of aromatic nitrogens is 1. The van der Waals surface area contributed by atoms with Gasteiger partial charge in [-0.05, 0) is 31.2 Å². The molecule has 3 N–H and O–H groups in total. The molecule has 0 amide bonds. The highest BCUT2D eigenvalue weighted by molar-refractivity contribution is 5.86. The second-order valence-corrected chi connectivity index (χ2v) is 3.25. The standard InChI is InChI=1S/C11H14N2O/c1-14-11-4-2-3-10-9(11)7-8(13-10)5-6-12/h2-4,7,13H,5-6,12H2,1H3. The van der Waals surface area contributed by atoms with Gasteiger partial charge in [0.05, 0.1) is 7.11 Å². The second-order valence-electron chi connectivity index (χ2n) is 3.25. The minimum atomic E-state index is 0.662. The number of rotatable bonds is 3. The first kappa shape index (κ1) is 9.09. The summed E-state index contributed by atoms with van der Waals surface area (Å²) in [6.07, 6.45) is 0.873. The van der Waals surface area contributed by atoms with Crippen molar-refractivity contribution in [3.05, 3.63) is 30.0 Å². The van der Waals surface area contributed by atoms with Gasteiger partial charge in [0.2, 0.25) is 0 Å². The lowest BCUT2D eigenvalue weighted by atomic mass is 10.2. The maximum Gasteiger partial charge on any atom is 0.128 e. The SMILES string of the molecule is COc1cccc2[nH]c(CCN)cc12. The monoisotopic (exact) mass is 190 g/mol. The van der Waals surface area contributed by atoms with Crippen LogP contribution in [0.3, 0.4) is 0 Å². The first-order valence-electron chi connectivity index (χ1n) is 4.70. The number of ether oxygens (including phenoxy) is 1. The third-order valence-corrected chi connectivity index (χ3v) is 2.31. The Labute approximate surface area is 82.9 Å². The van der Waals surface area contributed by atoms with Crippen LogP contribution in [0.5, 0.6) is 5.75 Å². The van der Waals surface area contributed by atoms with Gasteiger partial charge in [-0.1, -0.05) is 6.07 Å². The van der Waals surface area contributed by atoms with Gasteiger partial charge in [-0.3, -0.25) is 0 Å². The highest BCUT2D eigenvalue weighted by Crippen LogP contribution is 2.25. The van der Waals surface area contributed by atoms with E-state index in [1.54, 1.807) is 7.11 Å². The smallest absolute Gasteiger partial charge is 0.128 e. The van der Waals surface area contributed by atoms with Crippen molar-refractivity contribution < 1.29 is 4.74 Å². The zero-order valence-electron chi connectivity index (χ0n) is 8.21. The van der Waals surface area contributed by atoms with Crippen LogP contribution in [0.4, 0.5) is 0 Å². The van der Waals surface area contributed by atoms with Crippen LogP contribution in [-0.4, -0.2) is 18.6 Å². The molecule has 74 valence electrons. The molecule has 0 saturated carbocycles. The molecule has 0 radical (unpaired) electrons. The lowest BCUT2D eigenvalue weighted by molar-refractivity contribution is 0.420. The normalized spacial score (nSPS) is 10.7. The van der Waals surface area contributed by atoms with Crippen molar-refractivity contribution in [2.45, 2.75) is 6.42 Å². The molecular formula is C11H14N2O. The summed E-state index contributed by atoms with van der Waals surface area (Å²) in [6, 6.07) is 8.07. The maximum atomic E-state index is 5.50. The molecule has 3 heteroatoms. The van der Waals surface area contributed by atoms with Crippen LogP contribution >= 0.6 is 0 Å². The average Bonchev–Trinajstić information content (AvgIpc) is 2.60. The summed E-state index contributed by atoms with van der Waals surface area (Å²) in [5.74, 6) is 0.905. The summed E-state index contributed by atoms with van der Waals surface area (Å²) >= 11 is 0. The van der Waals surface area contributed by atoms with Gasteiger partial charge in [0.15, 0.2) is 0 Å². The van der Waals surface area contributed by atoms with E-state index in [2.05, 4.69) is 11.1 Å². The van der Waals surface area contributed by atoms with Crippen LogP contribution in [-0.2, 0) is 6.42 Å². The van der Waals surface area contributed by atoms with Crippen LogP contribution < -0.4 is 10.5 Å². The Morgan fingerprint density at radius 2 is 2.29 bits per heavy atom. The van der Waals surface area contributed by atoms with E-state index in [4.69, 9.17) is 10.5 Å². The van der Waals surface area contributed by atoms with Gasteiger partial charge >= 0.3 is 0 Å². The summed E-state index contributed by atoms with van der Waals surface area (Å²) in [5, 5.41) is 1.12. The lowest BCUT2D eigenvalue weighted by Gasteiger charge is -1.99. The van der Waals surface area contributed by atoms with Crippen molar-refractivity contribution in [1.29, 1.82) is 0 Å². The van der Waals surface area contributed by atoms with Crippen LogP contribution in [0, 0.1) is 0 Å². The van der Waals surface area contributed by atoms with Crippen LogP contribution in [0.1, 0.15) is 5.69 Å². The zero-order valence-corrected chi connectivity index (χ0v) is 8.21. The van der Waals surface area contributed by atoms with Crippen molar-refractivity contribution in [2.24, 2.45) is 5.73 Å². The number of nitrogens with two attached hydrogens (primary N) is 1. The van der Waals surface area contributed by atoms with Crippen molar-refractivity contribution >= 4 is 10.9 Å². The molecular weight excluding hydrogens is 176 g/mol. The van der Waals surface area contributed by atoms with Crippen molar-refractivity contribution in [1.82, 2.24) is 4.98 Å². The van der Waals surface area contributed by atoms with E-state index in [9.17, 15) is 0 Å². The van der Waals surface area contributed by atoms with Gasteiger partial charge in [0, 0.05) is 16.6 Å². The third kappa shape index (κ3) is 1.46. The number of aromatic amines is 1. The molecule has 1 heterocycles. The van der Waals surface area contributed by atoms with E-state index in [0.717, 1.165) is 28.8 Å². The molecule has 3 nitrogen and oxygen atoms in total. The second kappa shape index (κ2) is 3.72. The molecule has 0 aliphatic heterocycles. The molecule has 0 aliphatic carbocycles. The lowest BCUT2D eigenvalue weighted by Crippen LogP contribution is -2.02.